The molecule has 0 aliphatic rings. The van der Waals surface area contributed by atoms with Crippen molar-refractivity contribution in [1.82, 2.24) is 0 Å². The number of hydrogen-bond acceptors (Lipinski definition) is 2. The summed E-state index contributed by atoms with van der Waals surface area (Å²) in [4.78, 5) is 1.20. The average Bonchev–Trinajstić information content (AvgIpc) is 2.32. The Morgan fingerprint density at radius 2 is 1.81 bits per heavy atom. The van der Waals surface area contributed by atoms with Crippen LogP contribution in [0, 0.1) is 5.82 Å². The van der Waals surface area contributed by atoms with Crippen molar-refractivity contribution in [1.29, 1.82) is 0 Å². The lowest BCUT2D eigenvalue weighted by molar-refractivity contribution is 0.632. The predicted octanol–water partition coefficient (Wildman–Crippen LogP) is 3.70. The first kappa shape index (κ1) is 11.0. The van der Waals surface area contributed by atoms with E-state index in [1.54, 1.807) is 23.9 Å². The highest BCUT2D eigenvalue weighted by Gasteiger charge is 2.00. The lowest BCUT2D eigenvalue weighted by Gasteiger charge is -2.03. The minimum absolute atomic E-state index is 0.214. The molecule has 2 aromatic rings. The van der Waals surface area contributed by atoms with E-state index in [2.05, 4.69) is 12.1 Å². The van der Waals surface area contributed by atoms with Crippen LogP contribution in [0.2, 0.25) is 0 Å². The van der Waals surface area contributed by atoms with Gasteiger partial charge in [-0.2, -0.15) is 0 Å². The van der Waals surface area contributed by atoms with Crippen LogP contribution in [0.4, 0.5) is 10.1 Å². The van der Waals surface area contributed by atoms with E-state index in [1.807, 2.05) is 18.2 Å². The Morgan fingerprint density at radius 1 is 1.06 bits per heavy atom. The van der Waals surface area contributed by atoms with Crippen LogP contribution in [-0.2, 0) is 5.75 Å². The SMILES string of the molecule is Nc1cc(CSc2ccccc2)ccc1F. The summed E-state index contributed by atoms with van der Waals surface area (Å²) in [5.41, 5.74) is 6.75. The summed E-state index contributed by atoms with van der Waals surface area (Å²) in [6, 6.07) is 15.0. The third-order valence-electron chi connectivity index (χ3n) is 2.21. The van der Waals surface area contributed by atoms with Gasteiger partial charge in [0.05, 0.1) is 5.69 Å². The maximum absolute atomic E-state index is 12.9. The number of hydrogen-bond donors (Lipinski definition) is 1. The molecule has 0 bridgehead atoms. The standard InChI is InChI=1S/C13H12FNS/c14-12-7-6-10(8-13(12)15)9-16-11-4-2-1-3-5-11/h1-8H,9,15H2. The fourth-order valence-corrected chi connectivity index (χ4v) is 2.23. The van der Waals surface area contributed by atoms with Gasteiger partial charge in [-0.05, 0) is 29.8 Å². The highest BCUT2D eigenvalue weighted by molar-refractivity contribution is 7.98. The minimum atomic E-state index is -0.353. The first-order valence-electron chi connectivity index (χ1n) is 4.97. The number of rotatable bonds is 3. The lowest BCUT2D eigenvalue weighted by Crippen LogP contribution is -1.92. The zero-order valence-electron chi connectivity index (χ0n) is 8.69. The van der Waals surface area contributed by atoms with Crippen molar-refractivity contribution >= 4 is 17.4 Å². The molecule has 0 unspecified atom stereocenters. The van der Waals surface area contributed by atoms with Crippen LogP contribution in [0.5, 0.6) is 0 Å². The smallest absolute Gasteiger partial charge is 0.146 e. The first-order chi connectivity index (χ1) is 7.75. The molecule has 82 valence electrons. The van der Waals surface area contributed by atoms with Crippen LogP contribution in [0.15, 0.2) is 53.4 Å². The van der Waals surface area contributed by atoms with Gasteiger partial charge in [0.15, 0.2) is 0 Å². The van der Waals surface area contributed by atoms with Crippen molar-refractivity contribution in [3.8, 4) is 0 Å². The average molecular weight is 233 g/mol. The van der Waals surface area contributed by atoms with Crippen molar-refractivity contribution in [3.05, 3.63) is 59.9 Å². The summed E-state index contributed by atoms with van der Waals surface area (Å²) in [5.74, 6) is 0.447. The van der Waals surface area contributed by atoms with Gasteiger partial charge >= 0.3 is 0 Å². The van der Waals surface area contributed by atoms with E-state index >= 15 is 0 Å². The quantitative estimate of drug-likeness (QED) is 0.646. The molecule has 0 aliphatic carbocycles. The van der Waals surface area contributed by atoms with Crippen LogP contribution >= 0.6 is 11.8 Å². The van der Waals surface area contributed by atoms with E-state index in [9.17, 15) is 4.39 Å². The molecule has 3 heteroatoms. The topological polar surface area (TPSA) is 26.0 Å². The summed E-state index contributed by atoms with van der Waals surface area (Å²) in [6.45, 7) is 0. The second-order valence-corrected chi connectivity index (χ2v) is 4.51. The first-order valence-corrected chi connectivity index (χ1v) is 5.96. The molecular weight excluding hydrogens is 221 g/mol. The van der Waals surface area contributed by atoms with Gasteiger partial charge < -0.3 is 5.73 Å². The molecule has 0 spiro atoms. The number of halogens is 1. The lowest BCUT2D eigenvalue weighted by atomic mass is 10.2. The molecule has 0 aromatic heterocycles. The minimum Gasteiger partial charge on any atom is -0.396 e. The van der Waals surface area contributed by atoms with Gasteiger partial charge in [-0.3, -0.25) is 0 Å². The number of anilines is 1. The fourth-order valence-electron chi connectivity index (χ4n) is 1.37. The molecule has 16 heavy (non-hydrogen) atoms. The Labute approximate surface area is 98.5 Å². The van der Waals surface area contributed by atoms with E-state index in [1.165, 1.54) is 11.0 Å². The molecule has 0 fully saturated rings. The van der Waals surface area contributed by atoms with Gasteiger partial charge in [0.25, 0.3) is 0 Å². The number of nitrogens with two attached hydrogens (primary N) is 1. The van der Waals surface area contributed by atoms with Crippen molar-refractivity contribution in [2.75, 3.05) is 5.73 Å². The Balaban J connectivity index is 2.03. The molecule has 0 atom stereocenters. The third-order valence-corrected chi connectivity index (χ3v) is 3.29. The van der Waals surface area contributed by atoms with E-state index in [4.69, 9.17) is 5.73 Å². The summed E-state index contributed by atoms with van der Waals surface area (Å²) < 4.78 is 12.9. The highest BCUT2D eigenvalue weighted by atomic mass is 32.2. The Kier molecular flexibility index (Phi) is 3.47. The Hall–Kier alpha value is -1.48. The van der Waals surface area contributed by atoms with E-state index in [0.717, 1.165) is 11.3 Å². The fraction of sp³-hybridized carbons (Fsp3) is 0.0769. The van der Waals surface area contributed by atoms with Crippen LogP contribution < -0.4 is 5.73 Å². The zero-order valence-corrected chi connectivity index (χ0v) is 9.51. The summed E-state index contributed by atoms with van der Waals surface area (Å²) in [7, 11) is 0. The van der Waals surface area contributed by atoms with Crippen molar-refractivity contribution < 1.29 is 4.39 Å². The number of nitrogen functional groups attached to an aromatic ring is 1. The maximum Gasteiger partial charge on any atom is 0.146 e. The van der Waals surface area contributed by atoms with Gasteiger partial charge in [-0.1, -0.05) is 24.3 Å². The molecule has 0 heterocycles. The number of benzene rings is 2. The Bertz CT molecular complexity index is 471. The number of thioether (sulfide) groups is 1. The van der Waals surface area contributed by atoms with Crippen LogP contribution in [-0.4, -0.2) is 0 Å². The molecule has 0 aliphatic heterocycles. The van der Waals surface area contributed by atoms with Crippen LogP contribution in [0.25, 0.3) is 0 Å². The summed E-state index contributed by atoms with van der Waals surface area (Å²) in [6.07, 6.45) is 0. The molecule has 0 saturated heterocycles. The van der Waals surface area contributed by atoms with Gasteiger partial charge in [0, 0.05) is 10.6 Å². The normalized spacial score (nSPS) is 10.3. The molecule has 0 amide bonds. The zero-order chi connectivity index (χ0) is 11.4. The second-order valence-electron chi connectivity index (χ2n) is 3.46. The molecular formula is C13H12FNS. The second kappa shape index (κ2) is 5.03. The highest BCUT2D eigenvalue weighted by Crippen LogP contribution is 2.23. The van der Waals surface area contributed by atoms with Gasteiger partial charge in [0.2, 0.25) is 0 Å². The van der Waals surface area contributed by atoms with Crippen LogP contribution in [0.3, 0.4) is 0 Å². The molecule has 1 nitrogen and oxygen atoms in total. The van der Waals surface area contributed by atoms with Gasteiger partial charge in [-0.25, -0.2) is 4.39 Å². The van der Waals surface area contributed by atoms with Crippen molar-refractivity contribution in [2.24, 2.45) is 0 Å². The van der Waals surface area contributed by atoms with Crippen LogP contribution in [0.1, 0.15) is 5.56 Å². The van der Waals surface area contributed by atoms with Crippen molar-refractivity contribution in [3.63, 3.8) is 0 Å². The monoisotopic (exact) mass is 233 g/mol. The molecule has 2 rings (SSSR count). The maximum atomic E-state index is 12.9. The summed E-state index contributed by atoms with van der Waals surface area (Å²) in [5, 5.41) is 0. The molecule has 2 aromatic carbocycles. The molecule has 2 N–H and O–H groups in total. The predicted molar refractivity (Wildman–Crippen MR) is 66.8 cm³/mol. The Morgan fingerprint density at radius 3 is 2.50 bits per heavy atom. The third kappa shape index (κ3) is 2.76. The van der Waals surface area contributed by atoms with Gasteiger partial charge in [-0.15, -0.1) is 11.8 Å². The molecule has 0 saturated carbocycles. The van der Waals surface area contributed by atoms with Crippen molar-refractivity contribution in [2.45, 2.75) is 10.6 Å². The molecule has 0 radical (unpaired) electrons. The van der Waals surface area contributed by atoms with E-state index in [-0.39, 0.29) is 11.5 Å². The van der Waals surface area contributed by atoms with E-state index < -0.39 is 0 Å². The summed E-state index contributed by atoms with van der Waals surface area (Å²) >= 11 is 1.71. The largest absolute Gasteiger partial charge is 0.396 e. The van der Waals surface area contributed by atoms with Gasteiger partial charge in [0.1, 0.15) is 5.82 Å². The van der Waals surface area contributed by atoms with E-state index in [0.29, 0.717) is 0 Å².